The van der Waals surface area contributed by atoms with Gasteiger partial charge in [-0.2, -0.15) is 0 Å². The van der Waals surface area contributed by atoms with Gasteiger partial charge in [0, 0.05) is 30.9 Å². The normalized spacial score (nSPS) is 10.8. The van der Waals surface area contributed by atoms with Crippen molar-refractivity contribution in [2.45, 2.75) is 25.2 Å². The third kappa shape index (κ3) is 5.32. The van der Waals surface area contributed by atoms with E-state index in [2.05, 4.69) is 20.5 Å². The lowest BCUT2D eigenvalue weighted by atomic mass is 10.2. The van der Waals surface area contributed by atoms with Gasteiger partial charge in [0.25, 0.3) is 0 Å². The second-order valence-electron chi connectivity index (χ2n) is 6.62. The maximum absolute atomic E-state index is 13.4. The van der Waals surface area contributed by atoms with E-state index in [1.807, 2.05) is 29.0 Å². The first kappa shape index (κ1) is 22.0. The van der Waals surface area contributed by atoms with Crippen LogP contribution in [0.25, 0.3) is 10.7 Å². The van der Waals surface area contributed by atoms with Gasteiger partial charge in [-0.1, -0.05) is 30.0 Å². The van der Waals surface area contributed by atoms with Crippen LogP contribution in [0.4, 0.5) is 4.39 Å². The lowest BCUT2D eigenvalue weighted by Gasteiger charge is -2.11. The second-order valence-corrected chi connectivity index (χ2v) is 8.51. The summed E-state index contributed by atoms with van der Waals surface area (Å²) in [6, 6.07) is 13.4. The first-order chi connectivity index (χ1) is 15.6. The number of pyridine rings is 1. The smallest absolute Gasteiger partial charge is 0.230 e. The van der Waals surface area contributed by atoms with Gasteiger partial charge < -0.3 is 14.6 Å². The molecule has 0 aliphatic heterocycles. The van der Waals surface area contributed by atoms with Crippen LogP contribution in [0.3, 0.4) is 0 Å². The van der Waals surface area contributed by atoms with Gasteiger partial charge in [0.15, 0.2) is 11.0 Å². The number of aromatic nitrogens is 4. The van der Waals surface area contributed by atoms with Crippen LogP contribution in [0.15, 0.2) is 65.3 Å². The summed E-state index contributed by atoms with van der Waals surface area (Å²) < 4.78 is 21.1. The summed E-state index contributed by atoms with van der Waals surface area (Å²) in [7, 11) is 0. The number of nitrogens with zero attached hydrogens (tertiary/aromatic N) is 4. The van der Waals surface area contributed by atoms with E-state index < -0.39 is 5.82 Å². The molecule has 0 fully saturated rings. The minimum Gasteiger partial charge on any atom is -0.439 e. The second kappa shape index (κ2) is 10.4. The fourth-order valence-electron chi connectivity index (χ4n) is 2.94. The molecule has 0 saturated carbocycles. The molecule has 1 amide bonds. The molecule has 1 aromatic carbocycles. The van der Waals surface area contributed by atoms with E-state index in [4.69, 9.17) is 4.74 Å². The third-order valence-corrected chi connectivity index (χ3v) is 6.28. The van der Waals surface area contributed by atoms with E-state index in [9.17, 15) is 9.18 Å². The minimum absolute atomic E-state index is 0.154. The van der Waals surface area contributed by atoms with Crippen LogP contribution in [0.1, 0.15) is 12.5 Å². The van der Waals surface area contributed by atoms with Crippen molar-refractivity contribution in [1.82, 2.24) is 25.1 Å². The summed E-state index contributed by atoms with van der Waals surface area (Å²) in [5.41, 5.74) is 0.687. The molecular weight excluding hydrogens is 449 g/mol. The van der Waals surface area contributed by atoms with Crippen LogP contribution >= 0.6 is 23.1 Å². The highest BCUT2D eigenvalue weighted by atomic mass is 32.2. The number of amides is 1. The number of carbonyl (C=O) groups excluding carboxylic acids is 1. The highest BCUT2D eigenvalue weighted by Crippen LogP contribution is 2.27. The molecule has 0 bridgehead atoms. The molecular formula is C22H20FN5O2S2. The molecule has 3 heterocycles. The van der Waals surface area contributed by atoms with Crippen LogP contribution in [0.2, 0.25) is 0 Å². The largest absolute Gasteiger partial charge is 0.439 e. The molecule has 0 aliphatic carbocycles. The van der Waals surface area contributed by atoms with Gasteiger partial charge >= 0.3 is 0 Å². The quantitative estimate of drug-likeness (QED) is 0.356. The van der Waals surface area contributed by atoms with Crippen LogP contribution in [-0.4, -0.2) is 31.4 Å². The number of ether oxygens (including phenoxy) is 1. The zero-order valence-corrected chi connectivity index (χ0v) is 18.8. The van der Waals surface area contributed by atoms with Gasteiger partial charge in [-0.25, -0.2) is 9.37 Å². The van der Waals surface area contributed by atoms with Crippen LogP contribution in [0, 0.1) is 5.82 Å². The Hall–Kier alpha value is -3.24. The Morgan fingerprint density at radius 3 is 2.91 bits per heavy atom. The number of thiophene rings is 1. The highest BCUT2D eigenvalue weighted by molar-refractivity contribution is 7.99. The van der Waals surface area contributed by atoms with Crippen molar-refractivity contribution in [3.63, 3.8) is 0 Å². The van der Waals surface area contributed by atoms with Crippen LogP contribution < -0.4 is 10.1 Å². The molecule has 7 nitrogen and oxygen atoms in total. The molecule has 32 heavy (non-hydrogen) atoms. The van der Waals surface area contributed by atoms with Gasteiger partial charge in [0.05, 0.1) is 10.6 Å². The minimum atomic E-state index is -0.396. The number of nitrogens with one attached hydrogen (secondary N) is 1. The average Bonchev–Trinajstić information content (AvgIpc) is 3.46. The van der Waals surface area contributed by atoms with E-state index >= 15 is 0 Å². The van der Waals surface area contributed by atoms with Crippen molar-refractivity contribution in [2.24, 2.45) is 0 Å². The SMILES string of the molecule is CCn1c(SCC(=O)NCc2cccnc2Oc2cccc(F)c2)nnc1-c1cccs1. The monoisotopic (exact) mass is 469 g/mol. The molecule has 0 spiro atoms. The predicted molar refractivity (Wildman–Crippen MR) is 122 cm³/mol. The lowest BCUT2D eigenvalue weighted by Crippen LogP contribution is -2.25. The summed E-state index contributed by atoms with van der Waals surface area (Å²) in [5, 5.41) is 14.1. The standard InChI is InChI=1S/C22H20FN5O2S2/c1-2-28-20(18-9-5-11-31-18)26-27-22(28)32-14-19(29)25-13-15-6-4-10-24-21(15)30-17-8-3-7-16(23)12-17/h3-12H,2,13-14H2,1H3,(H,25,29). The first-order valence-corrected chi connectivity index (χ1v) is 11.7. The molecule has 0 unspecified atom stereocenters. The zero-order chi connectivity index (χ0) is 22.3. The van der Waals surface area contributed by atoms with Gasteiger partial charge in [-0.3, -0.25) is 4.79 Å². The fourth-order valence-corrected chi connectivity index (χ4v) is 4.49. The van der Waals surface area contributed by atoms with Crippen molar-refractivity contribution in [2.75, 3.05) is 5.75 Å². The summed E-state index contributed by atoms with van der Waals surface area (Å²) in [4.78, 5) is 17.7. The fraction of sp³-hybridized carbons (Fsp3) is 0.182. The van der Waals surface area contributed by atoms with Crippen molar-refractivity contribution < 1.29 is 13.9 Å². The Morgan fingerprint density at radius 1 is 1.22 bits per heavy atom. The van der Waals surface area contributed by atoms with E-state index in [0.717, 1.165) is 10.7 Å². The van der Waals surface area contributed by atoms with Crippen LogP contribution in [0.5, 0.6) is 11.6 Å². The van der Waals surface area contributed by atoms with Gasteiger partial charge in [-0.15, -0.1) is 21.5 Å². The predicted octanol–water partition coefficient (Wildman–Crippen LogP) is 4.76. The summed E-state index contributed by atoms with van der Waals surface area (Å²) in [6.45, 7) is 2.96. The zero-order valence-electron chi connectivity index (χ0n) is 17.2. The molecule has 4 aromatic rings. The first-order valence-electron chi connectivity index (χ1n) is 9.88. The van der Waals surface area contributed by atoms with Crippen molar-refractivity contribution >= 4 is 29.0 Å². The number of thioether (sulfide) groups is 1. The Kier molecular flexibility index (Phi) is 7.13. The Bertz CT molecular complexity index is 1200. The molecule has 10 heteroatoms. The van der Waals surface area contributed by atoms with Gasteiger partial charge in [0.2, 0.25) is 11.8 Å². The van der Waals surface area contributed by atoms with E-state index in [1.165, 1.54) is 23.9 Å². The number of carbonyl (C=O) groups is 1. The molecule has 0 radical (unpaired) electrons. The molecule has 3 aromatic heterocycles. The highest BCUT2D eigenvalue weighted by Gasteiger charge is 2.15. The molecule has 164 valence electrons. The Balaban J connectivity index is 1.35. The van der Waals surface area contributed by atoms with Gasteiger partial charge in [-0.05, 0) is 36.6 Å². The van der Waals surface area contributed by atoms with Crippen molar-refractivity contribution in [3.8, 4) is 22.3 Å². The Morgan fingerprint density at radius 2 is 2.12 bits per heavy atom. The lowest BCUT2D eigenvalue weighted by molar-refractivity contribution is -0.118. The number of rotatable bonds is 9. The molecule has 0 atom stereocenters. The number of benzene rings is 1. The maximum atomic E-state index is 13.4. The summed E-state index contributed by atoms with van der Waals surface area (Å²) in [6.07, 6.45) is 1.58. The topological polar surface area (TPSA) is 81.9 Å². The third-order valence-electron chi connectivity index (χ3n) is 4.44. The number of hydrogen-bond donors (Lipinski definition) is 1. The Labute approximate surface area is 192 Å². The molecule has 0 saturated heterocycles. The van der Waals surface area contributed by atoms with E-state index in [0.29, 0.717) is 28.9 Å². The van der Waals surface area contributed by atoms with Crippen LogP contribution in [-0.2, 0) is 17.9 Å². The number of halogens is 1. The van der Waals surface area contributed by atoms with Gasteiger partial charge in [0.1, 0.15) is 11.6 Å². The van der Waals surface area contributed by atoms with E-state index in [-0.39, 0.29) is 18.2 Å². The van der Waals surface area contributed by atoms with E-state index in [1.54, 1.807) is 41.8 Å². The number of hydrogen-bond acceptors (Lipinski definition) is 7. The molecule has 1 N–H and O–H groups in total. The van der Waals surface area contributed by atoms with Crippen molar-refractivity contribution in [3.05, 3.63) is 71.5 Å². The summed E-state index contributed by atoms with van der Waals surface area (Å²) >= 11 is 2.94. The molecule has 0 aliphatic rings. The summed E-state index contributed by atoms with van der Waals surface area (Å²) in [5.74, 6) is 1.11. The maximum Gasteiger partial charge on any atom is 0.230 e. The molecule has 4 rings (SSSR count). The average molecular weight is 470 g/mol. The van der Waals surface area contributed by atoms with Crippen molar-refractivity contribution in [1.29, 1.82) is 0 Å².